The molecule has 0 aliphatic rings. The number of carbonyl (C=O) groups excluding carboxylic acids is 1. The fraction of sp³-hybridized carbons (Fsp3) is 0.400. The number of primary amides is 1. The summed E-state index contributed by atoms with van der Waals surface area (Å²) in [5.41, 5.74) is 10.4. The van der Waals surface area contributed by atoms with E-state index in [4.69, 9.17) is 11.5 Å². The van der Waals surface area contributed by atoms with Crippen molar-refractivity contribution in [2.24, 2.45) is 11.5 Å². The highest BCUT2D eigenvalue weighted by atomic mass is 16.1. The minimum atomic E-state index is -0.480. The second kappa shape index (κ2) is 3.91. The van der Waals surface area contributed by atoms with Crippen LogP contribution in [0.15, 0.2) is 11.8 Å². The van der Waals surface area contributed by atoms with Gasteiger partial charge in [-0.25, -0.2) is 0 Å². The molecular formula is C5H11N3O. The minimum Gasteiger partial charge on any atom is -0.404 e. The summed E-state index contributed by atoms with van der Waals surface area (Å²) >= 11 is 0. The van der Waals surface area contributed by atoms with Crippen LogP contribution in [0.5, 0.6) is 0 Å². The molecule has 0 radical (unpaired) electrons. The Bertz CT molecular complexity index is 130. The molecule has 4 nitrogen and oxygen atoms in total. The molecule has 52 valence electrons. The van der Waals surface area contributed by atoms with Gasteiger partial charge in [-0.3, -0.25) is 4.79 Å². The van der Waals surface area contributed by atoms with Gasteiger partial charge in [0.1, 0.15) is 0 Å². The maximum Gasteiger partial charge on any atom is 0.247 e. The molecule has 0 saturated carbocycles. The summed E-state index contributed by atoms with van der Waals surface area (Å²) in [6.45, 7) is 0.422. The summed E-state index contributed by atoms with van der Waals surface area (Å²) in [7, 11) is 1.71. The SMILES string of the molecule is CNC/C(=C/N)C(N)=O. The maximum atomic E-state index is 10.4. The third-order valence-electron chi connectivity index (χ3n) is 0.885. The zero-order valence-electron chi connectivity index (χ0n) is 5.35. The van der Waals surface area contributed by atoms with Crippen LogP contribution in [-0.2, 0) is 4.79 Å². The zero-order valence-corrected chi connectivity index (χ0v) is 5.35. The zero-order chi connectivity index (χ0) is 7.28. The molecule has 0 unspecified atom stereocenters. The average molecular weight is 129 g/mol. The molecule has 0 spiro atoms. The number of rotatable bonds is 3. The van der Waals surface area contributed by atoms with Crippen molar-refractivity contribution in [1.29, 1.82) is 0 Å². The molecule has 0 fully saturated rings. The highest BCUT2D eigenvalue weighted by Gasteiger charge is 1.99. The van der Waals surface area contributed by atoms with E-state index >= 15 is 0 Å². The van der Waals surface area contributed by atoms with Crippen LogP contribution in [0.4, 0.5) is 0 Å². The van der Waals surface area contributed by atoms with Crippen molar-refractivity contribution in [2.75, 3.05) is 13.6 Å². The maximum absolute atomic E-state index is 10.4. The van der Waals surface area contributed by atoms with E-state index in [2.05, 4.69) is 5.32 Å². The van der Waals surface area contributed by atoms with Crippen LogP contribution >= 0.6 is 0 Å². The van der Waals surface area contributed by atoms with Gasteiger partial charge < -0.3 is 16.8 Å². The monoisotopic (exact) mass is 129 g/mol. The topological polar surface area (TPSA) is 81.1 Å². The van der Waals surface area contributed by atoms with E-state index in [1.807, 2.05) is 0 Å². The predicted octanol–water partition coefficient (Wildman–Crippen LogP) is -1.47. The van der Waals surface area contributed by atoms with E-state index in [1.165, 1.54) is 6.20 Å². The van der Waals surface area contributed by atoms with Gasteiger partial charge in [0.05, 0.1) is 0 Å². The molecule has 0 aliphatic heterocycles. The molecule has 1 amide bonds. The molecule has 0 aromatic rings. The molecule has 0 bridgehead atoms. The molecule has 0 saturated heterocycles. The Balaban J connectivity index is 3.85. The molecule has 0 heterocycles. The first-order valence-corrected chi connectivity index (χ1v) is 2.57. The van der Waals surface area contributed by atoms with Crippen LogP contribution < -0.4 is 16.8 Å². The van der Waals surface area contributed by atoms with Crippen LogP contribution in [0.25, 0.3) is 0 Å². The Labute approximate surface area is 53.9 Å². The second-order valence-electron chi connectivity index (χ2n) is 1.59. The van der Waals surface area contributed by atoms with Crippen molar-refractivity contribution in [1.82, 2.24) is 5.32 Å². The van der Waals surface area contributed by atoms with Crippen molar-refractivity contribution in [2.45, 2.75) is 0 Å². The first-order valence-electron chi connectivity index (χ1n) is 2.57. The Hall–Kier alpha value is -1.03. The van der Waals surface area contributed by atoms with E-state index in [-0.39, 0.29) is 0 Å². The van der Waals surface area contributed by atoms with Crippen molar-refractivity contribution in [3.63, 3.8) is 0 Å². The predicted molar refractivity (Wildman–Crippen MR) is 35.4 cm³/mol. The van der Waals surface area contributed by atoms with Crippen molar-refractivity contribution in [3.05, 3.63) is 11.8 Å². The molecule has 9 heavy (non-hydrogen) atoms. The summed E-state index contributed by atoms with van der Waals surface area (Å²) in [6.07, 6.45) is 1.21. The van der Waals surface area contributed by atoms with Crippen LogP contribution in [0.2, 0.25) is 0 Å². The Morgan fingerprint density at radius 1 is 1.78 bits per heavy atom. The van der Waals surface area contributed by atoms with Crippen molar-refractivity contribution >= 4 is 5.91 Å². The van der Waals surface area contributed by atoms with Gasteiger partial charge in [-0.1, -0.05) is 0 Å². The summed E-state index contributed by atoms with van der Waals surface area (Å²) in [4.78, 5) is 10.4. The highest BCUT2D eigenvalue weighted by molar-refractivity contribution is 5.92. The fourth-order valence-electron chi connectivity index (χ4n) is 0.419. The summed E-state index contributed by atoms with van der Waals surface area (Å²) in [5, 5.41) is 2.75. The molecular weight excluding hydrogens is 118 g/mol. The number of likely N-dealkylation sites (N-methyl/N-ethyl adjacent to an activating group) is 1. The third-order valence-corrected chi connectivity index (χ3v) is 0.885. The van der Waals surface area contributed by atoms with Crippen LogP contribution in [0.1, 0.15) is 0 Å². The third kappa shape index (κ3) is 2.71. The first kappa shape index (κ1) is 7.97. The minimum absolute atomic E-state index is 0.400. The highest BCUT2D eigenvalue weighted by Crippen LogP contribution is 1.84. The van der Waals surface area contributed by atoms with Gasteiger partial charge in [-0.15, -0.1) is 0 Å². The van der Waals surface area contributed by atoms with Gasteiger partial charge >= 0.3 is 0 Å². The van der Waals surface area contributed by atoms with Crippen LogP contribution in [-0.4, -0.2) is 19.5 Å². The Morgan fingerprint density at radius 2 is 2.33 bits per heavy atom. The lowest BCUT2D eigenvalue weighted by Gasteiger charge is -1.97. The van der Waals surface area contributed by atoms with Gasteiger partial charge in [0.2, 0.25) is 5.91 Å². The van der Waals surface area contributed by atoms with E-state index in [0.717, 1.165) is 0 Å². The van der Waals surface area contributed by atoms with E-state index in [9.17, 15) is 4.79 Å². The van der Waals surface area contributed by atoms with Gasteiger partial charge in [0.15, 0.2) is 0 Å². The second-order valence-corrected chi connectivity index (χ2v) is 1.59. The normalized spacial score (nSPS) is 11.4. The summed E-state index contributed by atoms with van der Waals surface area (Å²) in [5.74, 6) is -0.480. The summed E-state index contributed by atoms with van der Waals surface area (Å²) in [6, 6.07) is 0. The van der Waals surface area contributed by atoms with Gasteiger partial charge in [0.25, 0.3) is 0 Å². The summed E-state index contributed by atoms with van der Waals surface area (Å²) < 4.78 is 0. The molecule has 5 N–H and O–H groups in total. The average Bonchev–Trinajstić information content (AvgIpc) is 1.82. The first-order chi connectivity index (χ1) is 4.22. The number of amides is 1. The van der Waals surface area contributed by atoms with Crippen molar-refractivity contribution in [3.8, 4) is 0 Å². The van der Waals surface area contributed by atoms with Crippen molar-refractivity contribution < 1.29 is 4.79 Å². The quantitative estimate of drug-likeness (QED) is 0.407. The van der Waals surface area contributed by atoms with E-state index in [1.54, 1.807) is 7.05 Å². The lowest BCUT2D eigenvalue weighted by molar-refractivity contribution is -0.114. The largest absolute Gasteiger partial charge is 0.404 e. The fourth-order valence-corrected chi connectivity index (χ4v) is 0.419. The molecule has 4 heteroatoms. The number of carbonyl (C=O) groups is 1. The lowest BCUT2D eigenvalue weighted by atomic mass is 10.3. The standard InChI is InChI=1S/C5H11N3O/c1-8-3-4(2-6)5(7)9/h2,8H,3,6H2,1H3,(H2,7,9)/b4-2-. The molecule has 0 aromatic heterocycles. The van der Waals surface area contributed by atoms with Crippen LogP contribution in [0, 0.1) is 0 Å². The van der Waals surface area contributed by atoms with Gasteiger partial charge in [0, 0.05) is 18.3 Å². The molecule has 0 atom stereocenters. The lowest BCUT2D eigenvalue weighted by Crippen LogP contribution is -2.23. The number of hydrogen-bond acceptors (Lipinski definition) is 3. The van der Waals surface area contributed by atoms with Gasteiger partial charge in [-0.2, -0.15) is 0 Å². The van der Waals surface area contributed by atoms with E-state index in [0.29, 0.717) is 12.1 Å². The number of nitrogens with two attached hydrogens (primary N) is 2. The molecule has 0 aliphatic carbocycles. The van der Waals surface area contributed by atoms with Gasteiger partial charge in [-0.05, 0) is 7.05 Å². The Kier molecular flexibility index (Phi) is 3.46. The molecule has 0 rings (SSSR count). The smallest absolute Gasteiger partial charge is 0.247 e. The van der Waals surface area contributed by atoms with Crippen LogP contribution in [0.3, 0.4) is 0 Å². The Morgan fingerprint density at radius 3 is 2.44 bits per heavy atom. The van der Waals surface area contributed by atoms with E-state index < -0.39 is 5.91 Å². The number of nitrogens with one attached hydrogen (secondary N) is 1. The molecule has 0 aromatic carbocycles. The number of hydrogen-bond donors (Lipinski definition) is 3.